The maximum absolute atomic E-state index is 5.82. The van der Waals surface area contributed by atoms with Gasteiger partial charge in [-0.05, 0) is 43.4 Å². The van der Waals surface area contributed by atoms with Crippen molar-refractivity contribution in [2.45, 2.75) is 44.6 Å². The predicted molar refractivity (Wildman–Crippen MR) is 67.4 cm³/mol. The van der Waals surface area contributed by atoms with Gasteiger partial charge in [-0.2, -0.15) is 0 Å². The van der Waals surface area contributed by atoms with Gasteiger partial charge in [0.25, 0.3) is 0 Å². The second-order valence-electron chi connectivity index (χ2n) is 4.62. The predicted octanol–water partition coefficient (Wildman–Crippen LogP) is 3.16. The van der Waals surface area contributed by atoms with Gasteiger partial charge in [0.1, 0.15) is 0 Å². The standard InChI is InChI=1S/C14H21NO/c15-13-9-7-12(8-10-13)4-3-11-16-14-5-1-2-6-14/h7-10,14H,1-6,11,15H2. The fraction of sp³-hybridized carbons (Fsp3) is 0.571. The molecule has 0 bridgehead atoms. The molecule has 1 aliphatic rings. The lowest BCUT2D eigenvalue weighted by atomic mass is 10.1. The molecule has 0 atom stereocenters. The van der Waals surface area contributed by atoms with Gasteiger partial charge in [-0.3, -0.25) is 0 Å². The molecule has 0 spiro atoms. The van der Waals surface area contributed by atoms with E-state index in [1.165, 1.54) is 31.2 Å². The molecule has 88 valence electrons. The van der Waals surface area contributed by atoms with Gasteiger partial charge in [-0.1, -0.05) is 25.0 Å². The van der Waals surface area contributed by atoms with Crippen molar-refractivity contribution in [2.75, 3.05) is 12.3 Å². The molecule has 16 heavy (non-hydrogen) atoms. The Labute approximate surface area is 97.8 Å². The van der Waals surface area contributed by atoms with E-state index in [-0.39, 0.29) is 0 Å². The Balaban J connectivity index is 1.62. The van der Waals surface area contributed by atoms with Crippen molar-refractivity contribution in [2.24, 2.45) is 0 Å². The number of benzene rings is 1. The molecule has 2 N–H and O–H groups in total. The smallest absolute Gasteiger partial charge is 0.0575 e. The summed E-state index contributed by atoms with van der Waals surface area (Å²) in [5, 5.41) is 0. The number of nitrogens with two attached hydrogens (primary N) is 1. The first-order valence-corrected chi connectivity index (χ1v) is 6.30. The van der Waals surface area contributed by atoms with E-state index in [0.29, 0.717) is 6.10 Å². The zero-order valence-corrected chi connectivity index (χ0v) is 9.82. The van der Waals surface area contributed by atoms with Crippen molar-refractivity contribution >= 4 is 5.69 Å². The number of aryl methyl sites for hydroxylation is 1. The van der Waals surface area contributed by atoms with Crippen LogP contribution in [0.4, 0.5) is 5.69 Å². The summed E-state index contributed by atoms with van der Waals surface area (Å²) in [5.41, 5.74) is 7.83. The average molecular weight is 219 g/mol. The van der Waals surface area contributed by atoms with Gasteiger partial charge in [0.05, 0.1) is 6.10 Å². The summed E-state index contributed by atoms with van der Waals surface area (Å²) in [6, 6.07) is 8.14. The highest BCUT2D eigenvalue weighted by atomic mass is 16.5. The molecule has 0 aliphatic heterocycles. The Morgan fingerprint density at radius 2 is 1.81 bits per heavy atom. The number of hydrogen-bond donors (Lipinski definition) is 1. The van der Waals surface area contributed by atoms with Gasteiger partial charge >= 0.3 is 0 Å². The zero-order chi connectivity index (χ0) is 11.2. The fourth-order valence-corrected chi connectivity index (χ4v) is 2.27. The van der Waals surface area contributed by atoms with E-state index in [0.717, 1.165) is 25.1 Å². The lowest BCUT2D eigenvalue weighted by Crippen LogP contribution is -2.08. The monoisotopic (exact) mass is 219 g/mol. The SMILES string of the molecule is Nc1ccc(CCCOC2CCCC2)cc1. The largest absolute Gasteiger partial charge is 0.399 e. The maximum atomic E-state index is 5.82. The quantitative estimate of drug-likeness (QED) is 0.610. The van der Waals surface area contributed by atoms with E-state index in [4.69, 9.17) is 10.5 Å². The van der Waals surface area contributed by atoms with Gasteiger partial charge in [-0.25, -0.2) is 0 Å². The Morgan fingerprint density at radius 1 is 1.12 bits per heavy atom. The van der Waals surface area contributed by atoms with E-state index in [2.05, 4.69) is 12.1 Å². The first-order valence-electron chi connectivity index (χ1n) is 6.30. The molecule has 2 rings (SSSR count). The molecular weight excluding hydrogens is 198 g/mol. The lowest BCUT2D eigenvalue weighted by Gasteiger charge is -2.10. The highest BCUT2D eigenvalue weighted by Crippen LogP contribution is 2.21. The van der Waals surface area contributed by atoms with Crippen molar-refractivity contribution in [1.29, 1.82) is 0 Å². The highest BCUT2D eigenvalue weighted by Gasteiger charge is 2.14. The van der Waals surface area contributed by atoms with Crippen LogP contribution in [0.3, 0.4) is 0 Å². The van der Waals surface area contributed by atoms with Gasteiger partial charge in [0.2, 0.25) is 0 Å². The van der Waals surface area contributed by atoms with Gasteiger partial charge < -0.3 is 10.5 Å². The Kier molecular flexibility index (Phi) is 4.23. The third kappa shape index (κ3) is 3.53. The first kappa shape index (κ1) is 11.5. The summed E-state index contributed by atoms with van der Waals surface area (Å²) in [6.45, 7) is 0.898. The molecule has 1 aliphatic carbocycles. The van der Waals surface area contributed by atoms with Gasteiger partial charge in [0.15, 0.2) is 0 Å². The third-order valence-electron chi connectivity index (χ3n) is 3.25. The molecule has 0 unspecified atom stereocenters. The Hall–Kier alpha value is -1.02. The minimum atomic E-state index is 0.548. The third-order valence-corrected chi connectivity index (χ3v) is 3.25. The van der Waals surface area contributed by atoms with Crippen LogP contribution in [0.25, 0.3) is 0 Å². The van der Waals surface area contributed by atoms with Crippen molar-refractivity contribution < 1.29 is 4.74 Å². The number of ether oxygens (including phenoxy) is 1. The summed E-state index contributed by atoms with van der Waals surface area (Å²) in [6.07, 6.45) is 7.98. The second-order valence-corrected chi connectivity index (χ2v) is 4.62. The van der Waals surface area contributed by atoms with Crippen molar-refractivity contribution in [3.63, 3.8) is 0 Å². The highest BCUT2D eigenvalue weighted by molar-refractivity contribution is 5.39. The minimum Gasteiger partial charge on any atom is -0.399 e. The number of nitrogen functional groups attached to an aromatic ring is 1. The van der Waals surface area contributed by atoms with Crippen LogP contribution in [-0.2, 0) is 11.2 Å². The summed E-state index contributed by atoms with van der Waals surface area (Å²) in [4.78, 5) is 0. The van der Waals surface area contributed by atoms with E-state index >= 15 is 0 Å². The first-order chi connectivity index (χ1) is 7.84. The molecule has 2 nitrogen and oxygen atoms in total. The Morgan fingerprint density at radius 3 is 2.50 bits per heavy atom. The van der Waals surface area contributed by atoms with Crippen molar-refractivity contribution in [1.82, 2.24) is 0 Å². The lowest BCUT2D eigenvalue weighted by molar-refractivity contribution is 0.0569. The number of anilines is 1. The van der Waals surface area contributed by atoms with Crippen molar-refractivity contribution in [3.8, 4) is 0 Å². The van der Waals surface area contributed by atoms with E-state index in [9.17, 15) is 0 Å². The normalized spacial score (nSPS) is 16.8. The molecule has 1 fully saturated rings. The van der Waals surface area contributed by atoms with Crippen LogP contribution in [-0.4, -0.2) is 12.7 Å². The second kappa shape index (κ2) is 5.90. The van der Waals surface area contributed by atoms with Crippen LogP contribution in [0.5, 0.6) is 0 Å². The molecule has 0 saturated heterocycles. The average Bonchev–Trinajstić information content (AvgIpc) is 2.80. The Bertz CT molecular complexity index is 301. The molecule has 0 amide bonds. The van der Waals surface area contributed by atoms with Crippen LogP contribution in [0.2, 0.25) is 0 Å². The molecule has 2 heteroatoms. The van der Waals surface area contributed by atoms with Crippen LogP contribution in [0, 0.1) is 0 Å². The van der Waals surface area contributed by atoms with Crippen LogP contribution in [0.15, 0.2) is 24.3 Å². The minimum absolute atomic E-state index is 0.548. The molecule has 1 saturated carbocycles. The summed E-state index contributed by atoms with van der Waals surface area (Å²) in [7, 11) is 0. The number of rotatable bonds is 5. The molecule has 0 radical (unpaired) electrons. The van der Waals surface area contributed by atoms with Gasteiger partial charge in [0, 0.05) is 12.3 Å². The fourth-order valence-electron chi connectivity index (χ4n) is 2.27. The van der Waals surface area contributed by atoms with Crippen LogP contribution < -0.4 is 5.73 Å². The van der Waals surface area contributed by atoms with E-state index in [1.54, 1.807) is 0 Å². The van der Waals surface area contributed by atoms with Crippen LogP contribution >= 0.6 is 0 Å². The topological polar surface area (TPSA) is 35.2 Å². The van der Waals surface area contributed by atoms with E-state index < -0.39 is 0 Å². The summed E-state index contributed by atoms with van der Waals surface area (Å²) in [5.74, 6) is 0. The zero-order valence-electron chi connectivity index (χ0n) is 9.82. The molecule has 1 aromatic rings. The van der Waals surface area contributed by atoms with Crippen LogP contribution in [0.1, 0.15) is 37.7 Å². The summed E-state index contributed by atoms with van der Waals surface area (Å²) < 4.78 is 5.82. The molecule has 1 aromatic carbocycles. The number of hydrogen-bond acceptors (Lipinski definition) is 2. The van der Waals surface area contributed by atoms with Gasteiger partial charge in [-0.15, -0.1) is 0 Å². The van der Waals surface area contributed by atoms with E-state index in [1.807, 2.05) is 12.1 Å². The molecular formula is C14H21NO. The van der Waals surface area contributed by atoms with Crippen molar-refractivity contribution in [3.05, 3.63) is 29.8 Å². The maximum Gasteiger partial charge on any atom is 0.0575 e. The molecule has 0 heterocycles. The molecule has 0 aromatic heterocycles. The summed E-state index contributed by atoms with van der Waals surface area (Å²) >= 11 is 0.